The number of carbonyl (C=O) groups excluding carboxylic acids is 1. The molecule has 0 heterocycles. The maximum absolute atomic E-state index is 10.7. The van der Waals surface area contributed by atoms with Crippen LogP contribution in [0, 0.1) is 0 Å². The summed E-state index contributed by atoms with van der Waals surface area (Å²) in [5.74, 6) is 5.06. The molecule has 1 rings (SSSR count). The van der Waals surface area contributed by atoms with Crippen molar-refractivity contribution in [3.63, 3.8) is 0 Å². The lowest BCUT2D eigenvalue weighted by atomic mass is 10.3. The number of nitrogens with zero attached hydrogens (tertiary/aromatic N) is 1. The van der Waals surface area contributed by atoms with Gasteiger partial charge in [0.05, 0.1) is 5.69 Å². The average Bonchev–Trinajstić information content (AvgIpc) is 2.20. The molecular formula is C9H13N5O. The number of aliphatic imine (C=N–C) groups is 1. The molecule has 0 aromatic heterocycles. The molecule has 6 N–H and O–H groups in total. The van der Waals surface area contributed by atoms with Gasteiger partial charge in [0.1, 0.15) is 0 Å². The SMILES string of the molecule is CC(=O)Nc1ccc(N=C(N)NN)cc1. The second-order valence-electron chi connectivity index (χ2n) is 2.87. The van der Waals surface area contributed by atoms with E-state index in [4.69, 9.17) is 11.6 Å². The maximum Gasteiger partial charge on any atom is 0.221 e. The summed E-state index contributed by atoms with van der Waals surface area (Å²) < 4.78 is 0. The molecule has 15 heavy (non-hydrogen) atoms. The monoisotopic (exact) mass is 207 g/mol. The zero-order chi connectivity index (χ0) is 11.3. The van der Waals surface area contributed by atoms with E-state index in [1.807, 2.05) is 0 Å². The largest absolute Gasteiger partial charge is 0.369 e. The number of carbonyl (C=O) groups is 1. The Hall–Kier alpha value is -2.08. The van der Waals surface area contributed by atoms with E-state index in [9.17, 15) is 4.79 Å². The molecular weight excluding hydrogens is 194 g/mol. The Bertz CT molecular complexity index is 371. The number of amides is 1. The van der Waals surface area contributed by atoms with Crippen molar-refractivity contribution in [3.8, 4) is 0 Å². The van der Waals surface area contributed by atoms with Gasteiger partial charge in [0, 0.05) is 12.6 Å². The minimum atomic E-state index is -0.116. The molecule has 0 unspecified atom stereocenters. The summed E-state index contributed by atoms with van der Waals surface area (Å²) >= 11 is 0. The fourth-order valence-corrected chi connectivity index (χ4v) is 0.994. The first kappa shape index (κ1) is 11.0. The highest BCUT2D eigenvalue weighted by Crippen LogP contribution is 2.15. The third kappa shape index (κ3) is 3.65. The molecule has 0 aliphatic heterocycles. The summed E-state index contributed by atoms with van der Waals surface area (Å²) in [5.41, 5.74) is 8.95. The third-order valence-corrected chi connectivity index (χ3v) is 1.59. The molecule has 0 atom stereocenters. The van der Waals surface area contributed by atoms with Crippen LogP contribution in [0.5, 0.6) is 0 Å². The maximum atomic E-state index is 10.7. The Kier molecular flexibility index (Phi) is 3.64. The molecule has 1 aromatic carbocycles. The molecule has 80 valence electrons. The molecule has 0 spiro atoms. The van der Waals surface area contributed by atoms with E-state index in [0.29, 0.717) is 11.4 Å². The Labute approximate surface area is 87.3 Å². The highest BCUT2D eigenvalue weighted by Gasteiger charge is 1.95. The van der Waals surface area contributed by atoms with Gasteiger partial charge in [-0.25, -0.2) is 10.8 Å². The summed E-state index contributed by atoms with van der Waals surface area (Å²) in [6.45, 7) is 1.45. The van der Waals surface area contributed by atoms with E-state index in [0.717, 1.165) is 0 Å². The smallest absolute Gasteiger partial charge is 0.221 e. The van der Waals surface area contributed by atoms with E-state index in [-0.39, 0.29) is 11.9 Å². The van der Waals surface area contributed by atoms with Gasteiger partial charge < -0.3 is 11.1 Å². The van der Waals surface area contributed by atoms with Gasteiger partial charge in [-0.2, -0.15) is 0 Å². The van der Waals surface area contributed by atoms with Crippen LogP contribution in [0.25, 0.3) is 0 Å². The van der Waals surface area contributed by atoms with Crippen molar-refractivity contribution >= 4 is 23.2 Å². The molecule has 6 nitrogen and oxygen atoms in total. The quantitative estimate of drug-likeness (QED) is 0.238. The first-order valence-electron chi connectivity index (χ1n) is 4.30. The van der Waals surface area contributed by atoms with Crippen LogP contribution in [0.1, 0.15) is 6.92 Å². The van der Waals surface area contributed by atoms with Crippen molar-refractivity contribution < 1.29 is 4.79 Å². The number of hydrogen-bond acceptors (Lipinski definition) is 3. The number of hydrazine groups is 1. The second kappa shape index (κ2) is 4.97. The predicted molar refractivity (Wildman–Crippen MR) is 59.4 cm³/mol. The van der Waals surface area contributed by atoms with Crippen LogP contribution in [0.15, 0.2) is 29.3 Å². The Morgan fingerprint density at radius 2 is 1.93 bits per heavy atom. The number of nitrogens with one attached hydrogen (secondary N) is 2. The van der Waals surface area contributed by atoms with Crippen LogP contribution in [0.4, 0.5) is 11.4 Å². The van der Waals surface area contributed by atoms with Gasteiger partial charge >= 0.3 is 0 Å². The van der Waals surface area contributed by atoms with Crippen molar-refractivity contribution in [2.45, 2.75) is 6.92 Å². The number of guanidine groups is 1. The van der Waals surface area contributed by atoms with Crippen molar-refractivity contribution in [1.29, 1.82) is 0 Å². The van der Waals surface area contributed by atoms with Crippen molar-refractivity contribution in [3.05, 3.63) is 24.3 Å². The first-order valence-corrected chi connectivity index (χ1v) is 4.30. The lowest BCUT2D eigenvalue weighted by molar-refractivity contribution is -0.114. The van der Waals surface area contributed by atoms with Gasteiger partial charge in [-0.1, -0.05) is 0 Å². The van der Waals surface area contributed by atoms with Gasteiger partial charge in [0.2, 0.25) is 11.9 Å². The van der Waals surface area contributed by atoms with E-state index < -0.39 is 0 Å². The van der Waals surface area contributed by atoms with Gasteiger partial charge in [0.15, 0.2) is 0 Å². The molecule has 0 saturated heterocycles. The fraction of sp³-hybridized carbons (Fsp3) is 0.111. The molecule has 1 amide bonds. The minimum Gasteiger partial charge on any atom is -0.369 e. The van der Waals surface area contributed by atoms with Crippen LogP contribution in [-0.2, 0) is 4.79 Å². The van der Waals surface area contributed by atoms with Crippen LogP contribution in [0.3, 0.4) is 0 Å². The zero-order valence-corrected chi connectivity index (χ0v) is 8.32. The number of rotatable bonds is 2. The highest BCUT2D eigenvalue weighted by molar-refractivity contribution is 5.89. The predicted octanol–water partition coefficient (Wildman–Crippen LogP) is 0.0545. The van der Waals surface area contributed by atoms with Crippen molar-refractivity contribution in [2.75, 3.05) is 5.32 Å². The summed E-state index contributed by atoms with van der Waals surface area (Å²) in [7, 11) is 0. The molecule has 0 aliphatic rings. The number of nitrogens with two attached hydrogens (primary N) is 2. The average molecular weight is 207 g/mol. The summed E-state index contributed by atoms with van der Waals surface area (Å²) in [6.07, 6.45) is 0. The highest BCUT2D eigenvalue weighted by atomic mass is 16.1. The molecule has 6 heteroatoms. The number of benzene rings is 1. The normalized spacial score (nSPS) is 10.9. The van der Waals surface area contributed by atoms with E-state index in [2.05, 4.69) is 15.7 Å². The van der Waals surface area contributed by atoms with Crippen LogP contribution < -0.4 is 22.3 Å². The lowest BCUT2D eigenvalue weighted by Gasteiger charge is -2.02. The standard InChI is InChI=1S/C9H13N5O/c1-6(15)12-7-2-4-8(5-3-7)13-9(10)14-11/h2-5H,11H2,1H3,(H,12,15)(H3,10,13,14). The Morgan fingerprint density at radius 1 is 1.33 bits per heavy atom. The molecule has 0 aliphatic carbocycles. The zero-order valence-electron chi connectivity index (χ0n) is 8.32. The van der Waals surface area contributed by atoms with Crippen LogP contribution in [0.2, 0.25) is 0 Å². The summed E-state index contributed by atoms with van der Waals surface area (Å²) in [4.78, 5) is 14.7. The van der Waals surface area contributed by atoms with Gasteiger partial charge in [-0.15, -0.1) is 0 Å². The second-order valence-corrected chi connectivity index (χ2v) is 2.87. The molecule has 0 fully saturated rings. The van der Waals surface area contributed by atoms with E-state index >= 15 is 0 Å². The fourth-order valence-electron chi connectivity index (χ4n) is 0.994. The third-order valence-electron chi connectivity index (χ3n) is 1.59. The lowest BCUT2D eigenvalue weighted by Crippen LogP contribution is -2.36. The van der Waals surface area contributed by atoms with Gasteiger partial charge in [-0.3, -0.25) is 10.2 Å². The molecule has 0 bridgehead atoms. The van der Waals surface area contributed by atoms with E-state index in [1.54, 1.807) is 24.3 Å². The van der Waals surface area contributed by atoms with Crippen molar-refractivity contribution in [2.24, 2.45) is 16.6 Å². The van der Waals surface area contributed by atoms with Crippen molar-refractivity contribution in [1.82, 2.24) is 5.43 Å². The number of hydrogen-bond donors (Lipinski definition) is 4. The number of anilines is 1. The van der Waals surface area contributed by atoms with Crippen LogP contribution >= 0.6 is 0 Å². The van der Waals surface area contributed by atoms with E-state index in [1.165, 1.54) is 6.92 Å². The molecule has 0 radical (unpaired) electrons. The topological polar surface area (TPSA) is 106 Å². The van der Waals surface area contributed by atoms with Gasteiger partial charge in [-0.05, 0) is 24.3 Å². The molecule has 0 saturated carbocycles. The Morgan fingerprint density at radius 3 is 2.40 bits per heavy atom. The van der Waals surface area contributed by atoms with Gasteiger partial charge in [0.25, 0.3) is 0 Å². The Balaban J connectivity index is 2.76. The first-order chi connectivity index (χ1) is 7.11. The molecule has 1 aromatic rings. The summed E-state index contributed by atoms with van der Waals surface area (Å²) in [5, 5.41) is 2.64. The minimum absolute atomic E-state index is 0.116. The van der Waals surface area contributed by atoms with Crippen LogP contribution in [-0.4, -0.2) is 11.9 Å². The summed E-state index contributed by atoms with van der Waals surface area (Å²) in [6, 6.07) is 6.89.